The molecule has 1 aromatic rings. The first-order chi connectivity index (χ1) is 16.8. The van der Waals surface area contributed by atoms with E-state index in [1.54, 1.807) is 12.1 Å². The second-order valence-corrected chi connectivity index (χ2v) is 11.2. The average molecular weight is 505 g/mol. The molecule has 2 rings (SSSR count). The maximum atomic E-state index is 12.5. The van der Waals surface area contributed by atoms with Gasteiger partial charge in [0.1, 0.15) is 13.2 Å². The van der Waals surface area contributed by atoms with E-state index >= 15 is 0 Å². The van der Waals surface area contributed by atoms with Gasteiger partial charge in [0.15, 0.2) is 0 Å². The summed E-state index contributed by atoms with van der Waals surface area (Å²) in [5.74, 6) is -1.06. The van der Waals surface area contributed by atoms with Gasteiger partial charge in [0.25, 0.3) is 0 Å². The summed E-state index contributed by atoms with van der Waals surface area (Å²) in [5.41, 5.74) is 3.49. The topological polar surface area (TPSA) is 123 Å². The fourth-order valence-electron chi connectivity index (χ4n) is 4.90. The van der Waals surface area contributed by atoms with Gasteiger partial charge in [-0.05, 0) is 47.8 Å². The molecule has 1 saturated carbocycles. The lowest BCUT2D eigenvalue weighted by Gasteiger charge is -2.46. The van der Waals surface area contributed by atoms with Gasteiger partial charge in [0.05, 0.1) is 12.2 Å². The number of aliphatic hydroxyl groups excluding tert-OH is 1. The maximum absolute atomic E-state index is 12.5. The molecule has 0 spiro atoms. The Labute approximate surface area is 213 Å². The third kappa shape index (κ3) is 8.95. The molecular formula is C27H40N2O7. The standard InChI is InChI=1S/C27H40N2O7/c1-7-22(31)34-12-13-35-24(33)29-21-14-25(2,3)16-27(6,15-21)17-28-36-23(32)19-8-10-20(11-9-19)26(4,5)18-30/h7-11,21,28,30H,1,12-18H2,2-6H3,(H,29,33). The fourth-order valence-corrected chi connectivity index (χ4v) is 4.90. The number of alkyl carbamates (subject to hydrolysis) is 1. The Morgan fingerprint density at radius 2 is 1.75 bits per heavy atom. The van der Waals surface area contributed by atoms with Crippen LogP contribution in [0.5, 0.6) is 0 Å². The largest absolute Gasteiger partial charge is 0.459 e. The van der Waals surface area contributed by atoms with Gasteiger partial charge in [-0.1, -0.05) is 53.3 Å². The molecule has 2 atom stereocenters. The summed E-state index contributed by atoms with van der Waals surface area (Å²) in [7, 11) is 0. The Morgan fingerprint density at radius 1 is 1.11 bits per heavy atom. The molecule has 0 saturated heterocycles. The van der Waals surface area contributed by atoms with Gasteiger partial charge in [0.2, 0.25) is 0 Å². The molecule has 200 valence electrons. The summed E-state index contributed by atoms with van der Waals surface area (Å²) in [4.78, 5) is 41.1. The Balaban J connectivity index is 1.86. The van der Waals surface area contributed by atoms with Crippen LogP contribution < -0.4 is 10.8 Å². The molecule has 0 radical (unpaired) electrons. The van der Waals surface area contributed by atoms with E-state index in [1.807, 2.05) is 26.0 Å². The molecule has 1 aromatic carbocycles. The summed E-state index contributed by atoms with van der Waals surface area (Å²) >= 11 is 0. The van der Waals surface area contributed by atoms with Crippen LogP contribution in [0, 0.1) is 10.8 Å². The smallest absolute Gasteiger partial charge is 0.407 e. The van der Waals surface area contributed by atoms with Crippen LogP contribution in [-0.4, -0.2) is 55.5 Å². The zero-order chi connectivity index (χ0) is 27.0. The number of aliphatic hydroxyl groups is 1. The van der Waals surface area contributed by atoms with E-state index in [9.17, 15) is 19.5 Å². The maximum Gasteiger partial charge on any atom is 0.407 e. The van der Waals surface area contributed by atoms with Crippen LogP contribution >= 0.6 is 0 Å². The first-order valence-corrected chi connectivity index (χ1v) is 12.2. The molecule has 0 heterocycles. The highest BCUT2D eigenvalue weighted by Crippen LogP contribution is 2.45. The van der Waals surface area contributed by atoms with Gasteiger partial charge in [-0.3, -0.25) is 0 Å². The van der Waals surface area contributed by atoms with Crippen molar-refractivity contribution in [1.82, 2.24) is 10.8 Å². The van der Waals surface area contributed by atoms with Crippen molar-refractivity contribution in [3.8, 4) is 0 Å². The van der Waals surface area contributed by atoms with Crippen LogP contribution in [-0.2, 0) is 24.5 Å². The number of carbonyl (C=O) groups is 3. The molecule has 2 unspecified atom stereocenters. The fraction of sp³-hybridized carbons (Fsp3) is 0.593. The highest BCUT2D eigenvalue weighted by Gasteiger charge is 2.42. The van der Waals surface area contributed by atoms with Crippen LogP contribution in [0.15, 0.2) is 36.9 Å². The highest BCUT2D eigenvalue weighted by atomic mass is 16.7. The van der Waals surface area contributed by atoms with Crippen molar-refractivity contribution < 1.29 is 33.8 Å². The molecule has 9 nitrogen and oxygen atoms in total. The molecule has 9 heteroatoms. The van der Waals surface area contributed by atoms with E-state index in [0.717, 1.165) is 24.5 Å². The van der Waals surface area contributed by atoms with Crippen molar-refractivity contribution >= 4 is 18.0 Å². The summed E-state index contributed by atoms with van der Waals surface area (Å²) in [6, 6.07) is 6.88. The van der Waals surface area contributed by atoms with E-state index in [2.05, 4.69) is 38.1 Å². The van der Waals surface area contributed by atoms with E-state index in [1.165, 1.54) is 0 Å². The minimum atomic E-state index is -0.570. The number of carbonyl (C=O) groups excluding carboxylic acids is 3. The third-order valence-corrected chi connectivity index (χ3v) is 6.45. The Morgan fingerprint density at radius 3 is 2.36 bits per heavy atom. The lowest BCUT2D eigenvalue weighted by atomic mass is 9.62. The lowest BCUT2D eigenvalue weighted by Crippen LogP contribution is -2.50. The van der Waals surface area contributed by atoms with Crippen molar-refractivity contribution in [3.63, 3.8) is 0 Å². The van der Waals surface area contributed by atoms with Crippen molar-refractivity contribution in [2.75, 3.05) is 26.4 Å². The minimum absolute atomic E-state index is 0.00596. The van der Waals surface area contributed by atoms with Gasteiger partial charge in [-0.15, -0.1) is 0 Å². The average Bonchev–Trinajstić information content (AvgIpc) is 2.80. The number of hydrogen-bond acceptors (Lipinski definition) is 8. The molecule has 0 bridgehead atoms. The lowest BCUT2D eigenvalue weighted by molar-refractivity contribution is -0.138. The number of hydroxylamine groups is 1. The number of ether oxygens (including phenoxy) is 2. The Bertz CT molecular complexity index is 927. The number of hydrogen-bond donors (Lipinski definition) is 3. The number of rotatable bonds is 11. The molecule has 1 aliphatic carbocycles. The van der Waals surface area contributed by atoms with Crippen LogP contribution in [0.2, 0.25) is 0 Å². The van der Waals surface area contributed by atoms with E-state index in [0.29, 0.717) is 18.5 Å². The molecule has 36 heavy (non-hydrogen) atoms. The van der Waals surface area contributed by atoms with E-state index in [-0.39, 0.29) is 36.7 Å². The molecule has 0 aromatic heterocycles. The quantitative estimate of drug-likeness (QED) is 0.137. The van der Waals surface area contributed by atoms with Crippen molar-refractivity contribution in [2.24, 2.45) is 10.8 Å². The molecular weight excluding hydrogens is 464 g/mol. The first-order valence-electron chi connectivity index (χ1n) is 12.2. The van der Waals surface area contributed by atoms with Gasteiger partial charge in [-0.2, -0.15) is 5.48 Å². The predicted octanol–water partition coefficient (Wildman–Crippen LogP) is 3.66. The number of benzene rings is 1. The van der Waals surface area contributed by atoms with Gasteiger partial charge in [0, 0.05) is 24.1 Å². The Hall–Kier alpha value is -2.91. The first kappa shape index (κ1) is 29.3. The Kier molecular flexibility index (Phi) is 10.1. The number of nitrogens with one attached hydrogen (secondary N) is 2. The number of esters is 1. The summed E-state index contributed by atoms with van der Waals surface area (Å²) in [6.45, 7) is 13.9. The van der Waals surface area contributed by atoms with Crippen LogP contribution in [0.1, 0.15) is 69.8 Å². The summed E-state index contributed by atoms with van der Waals surface area (Å²) in [5, 5.41) is 12.4. The minimum Gasteiger partial charge on any atom is -0.459 e. The normalized spacial score (nSPS) is 21.2. The van der Waals surface area contributed by atoms with E-state index < -0.39 is 23.4 Å². The van der Waals surface area contributed by atoms with Crippen LogP contribution in [0.4, 0.5) is 4.79 Å². The predicted molar refractivity (Wildman–Crippen MR) is 135 cm³/mol. The number of amides is 1. The molecule has 1 aliphatic rings. The SMILES string of the molecule is C=CC(=O)OCCOC(=O)NC1CC(C)(C)CC(C)(CNOC(=O)c2ccc(C(C)(C)CO)cc2)C1. The monoisotopic (exact) mass is 504 g/mol. The van der Waals surface area contributed by atoms with Crippen LogP contribution in [0.25, 0.3) is 0 Å². The second kappa shape index (κ2) is 12.4. The third-order valence-electron chi connectivity index (χ3n) is 6.45. The van der Waals surface area contributed by atoms with Crippen molar-refractivity contribution in [2.45, 2.75) is 65.3 Å². The zero-order valence-corrected chi connectivity index (χ0v) is 22.0. The van der Waals surface area contributed by atoms with E-state index in [4.69, 9.17) is 14.3 Å². The zero-order valence-electron chi connectivity index (χ0n) is 22.0. The molecule has 3 N–H and O–H groups in total. The summed E-state index contributed by atoms with van der Waals surface area (Å²) < 4.78 is 9.91. The molecule has 1 fully saturated rings. The van der Waals surface area contributed by atoms with Gasteiger partial charge in [-0.25, -0.2) is 14.4 Å². The highest BCUT2D eigenvalue weighted by molar-refractivity contribution is 5.89. The second-order valence-electron chi connectivity index (χ2n) is 11.2. The van der Waals surface area contributed by atoms with Gasteiger partial charge < -0.3 is 24.7 Å². The summed E-state index contributed by atoms with van der Waals surface area (Å²) in [6.07, 6.45) is 2.81. The van der Waals surface area contributed by atoms with Gasteiger partial charge >= 0.3 is 18.0 Å². The molecule has 1 amide bonds. The van der Waals surface area contributed by atoms with Crippen molar-refractivity contribution in [1.29, 1.82) is 0 Å². The van der Waals surface area contributed by atoms with Crippen LogP contribution in [0.3, 0.4) is 0 Å². The van der Waals surface area contributed by atoms with Crippen molar-refractivity contribution in [3.05, 3.63) is 48.0 Å². The molecule has 0 aliphatic heterocycles.